The summed E-state index contributed by atoms with van der Waals surface area (Å²) >= 11 is 9.20. The number of nitrogens with one attached hydrogen (secondary N) is 1. The summed E-state index contributed by atoms with van der Waals surface area (Å²) < 4.78 is 8.05. The zero-order valence-corrected chi connectivity index (χ0v) is 16.7. The Labute approximate surface area is 158 Å². The Morgan fingerprint density at radius 3 is 2.50 bits per heavy atom. The molecule has 0 unspecified atom stereocenters. The first kappa shape index (κ1) is 16.0. The summed E-state index contributed by atoms with van der Waals surface area (Å²) in [4.78, 5) is 12.2. The van der Waals surface area contributed by atoms with Gasteiger partial charge in [0, 0.05) is 20.4 Å². The van der Waals surface area contributed by atoms with Crippen molar-refractivity contribution in [2.45, 2.75) is 0 Å². The van der Waals surface area contributed by atoms with E-state index in [0.29, 0.717) is 5.57 Å². The zero-order chi connectivity index (χ0) is 15.9. The van der Waals surface area contributed by atoms with E-state index in [0.717, 1.165) is 35.1 Å². The number of halogens is 3. The number of amides is 1. The molecular formula is C16H10Br2INO2. The molecule has 0 atom stereocenters. The lowest BCUT2D eigenvalue weighted by Crippen LogP contribution is -2.03. The van der Waals surface area contributed by atoms with Crippen molar-refractivity contribution in [3.05, 3.63) is 54.0 Å². The summed E-state index contributed by atoms with van der Waals surface area (Å²) in [5, 5.41) is 2.89. The van der Waals surface area contributed by atoms with Crippen LogP contribution in [0.3, 0.4) is 0 Å². The fraction of sp³-hybridized carbons (Fsp3) is 0.0625. The molecule has 0 saturated heterocycles. The number of rotatable bonds is 2. The molecule has 1 aliphatic rings. The van der Waals surface area contributed by atoms with Crippen molar-refractivity contribution in [3.8, 4) is 5.75 Å². The molecule has 2 aromatic carbocycles. The number of benzene rings is 2. The first-order valence-corrected chi connectivity index (χ1v) is 9.02. The maximum absolute atomic E-state index is 12.2. The van der Waals surface area contributed by atoms with E-state index < -0.39 is 0 Å². The van der Waals surface area contributed by atoms with E-state index in [2.05, 4.69) is 59.8 Å². The Morgan fingerprint density at radius 2 is 1.86 bits per heavy atom. The second kappa shape index (κ2) is 6.33. The van der Waals surface area contributed by atoms with Gasteiger partial charge < -0.3 is 10.1 Å². The number of carbonyl (C=O) groups is 1. The number of ether oxygens (including phenoxy) is 1. The van der Waals surface area contributed by atoms with E-state index in [-0.39, 0.29) is 5.91 Å². The monoisotopic (exact) mass is 533 g/mol. The predicted octanol–water partition coefficient (Wildman–Crippen LogP) is 5.32. The van der Waals surface area contributed by atoms with Crippen molar-refractivity contribution in [1.29, 1.82) is 0 Å². The van der Waals surface area contributed by atoms with Crippen LogP contribution in [-0.4, -0.2) is 13.0 Å². The van der Waals surface area contributed by atoms with Crippen LogP contribution in [0.4, 0.5) is 5.69 Å². The third-order valence-corrected chi connectivity index (χ3v) is 5.15. The van der Waals surface area contributed by atoms with Crippen LogP contribution in [0.15, 0.2) is 39.3 Å². The molecule has 1 aliphatic heterocycles. The maximum atomic E-state index is 12.2. The fourth-order valence-corrected chi connectivity index (χ4v) is 4.36. The van der Waals surface area contributed by atoms with E-state index in [4.69, 9.17) is 4.74 Å². The average molecular weight is 535 g/mol. The van der Waals surface area contributed by atoms with Gasteiger partial charge in [-0.3, -0.25) is 4.79 Å². The standard InChI is InChI=1S/C16H10Br2INO2/c1-22-15-12(17)5-8(6-13(15)18)4-11-10-7-9(19)2-3-14(10)20-16(11)21/h2-7H,1H3,(H,20,21). The molecule has 1 N–H and O–H groups in total. The number of anilines is 1. The molecule has 112 valence electrons. The summed E-state index contributed by atoms with van der Waals surface area (Å²) in [5.74, 6) is 0.646. The average Bonchev–Trinajstić information content (AvgIpc) is 2.75. The van der Waals surface area contributed by atoms with Crippen LogP contribution in [0.2, 0.25) is 0 Å². The van der Waals surface area contributed by atoms with Gasteiger partial charge in [0.25, 0.3) is 5.91 Å². The van der Waals surface area contributed by atoms with E-state index in [9.17, 15) is 4.79 Å². The first-order chi connectivity index (χ1) is 10.5. The smallest absolute Gasteiger partial charge is 0.256 e. The van der Waals surface area contributed by atoms with Gasteiger partial charge in [-0.1, -0.05) is 0 Å². The molecule has 0 aromatic heterocycles. The minimum atomic E-state index is -0.0833. The summed E-state index contributed by atoms with van der Waals surface area (Å²) in [7, 11) is 1.62. The second-order valence-electron chi connectivity index (χ2n) is 4.72. The Morgan fingerprint density at radius 1 is 1.18 bits per heavy atom. The van der Waals surface area contributed by atoms with Crippen LogP contribution in [0.5, 0.6) is 5.75 Å². The van der Waals surface area contributed by atoms with E-state index >= 15 is 0 Å². The number of methoxy groups -OCH3 is 1. The van der Waals surface area contributed by atoms with Crippen molar-refractivity contribution < 1.29 is 9.53 Å². The van der Waals surface area contributed by atoms with Crippen molar-refractivity contribution in [3.63, 3.8) is 0 Å². The molecule has 2 aromatic rings. The number of hydrogen-bond donors (Lipinski definition) is 1. The van der Waals surface area contributed by atoms with Crippen LogP contribution >= 0.6 is 54.5 Å². The normalized spacial score (nSPS) is 14.9. The Bertz CT molecular complexity index is 795. The molecule has 3 nitrogen and oxygen atoms in total. The van der Waals surface area contributed by atoms with Crippen LogP contribution in [0.25, 0.3) is 11.6 Å². The molecule has 0 spiro atoms. The molecule has 0 fully saturated rings. The van der Waals surface area contributed by atoms with Gasteiger partial charge in [-0.25, -0.2) is 0 Å². The Balaban J connectivity index is 2.10. The molecule has 1 heterocycles. The lowest BCUT2D eigenvalue weighted by molar-refractivity contribution is -0.110. The molecule has 0 saturated carbocycles. The highest BCUT2D eigenvalue weighted by molar-refractivity contribution is 14.1. The zero-order valence-electron chi connectivity index (χ0n) is 11.4. The van der Waals surface area contributed by atoms with Gasteiger partial charge in [-0.15, -0.1) is 0 Å². The Kier molecular flexibility index (Phi) is 4.61. The quantitative estimate of drug-likeness (QED) is 0.418. The van der Waals surface area contributed by atoms with E-state index in [1.165, 1.54) is 0 Å². The summed E-state index contributed by atoms with van der Waals surface area (Å²) in [6.45, 7) is 0. The SMILES string of the molecule is COc1c(Br)cc(C=C2C(=O)Nc3ccc(I)cc32)cc1Br. The lowest BCUT2D eigenvalue weighted by Gasteiger charge is -2.07. The molecule has 0 radical (unpaired) electrons. The maximum Gasteiger partial charge on any atom is 0.256 e. The summed E-state index contributed by atoms with van der Waals surface area (Å²) in [5.41, 5.74) is 3.36. The van der Waals surface area contributed by atoms with Gasteiger partial charge in [0.05, 0.1) is 16.1 Å². The highest BCUT2D eigenvalue weighted by Crippen LogP contribution is 2.38. The van der Waals surface area contributed by atoms with Crippen molar-refractivity contribution in [2.24, 2.45) is 0 Å². The molecular weight excluding hydrogens is 525 g/mol. The molecule has 3 rings (SSSR count). The minimum absolute atomic E-state index is 0.0833. The highest BCUT2D eigenvalue weighted by Gasteiger charge is 2.24. The largest absolute Gasteiger partial charge is 0.494 e. The van der Waals surface area contributed by atoms with Crippen LogP contribution < -0.4 is 10.1 Å². The van der Waals surface area contributed by atoms with Gasteiger partial charge >= 0.3 is 0 Å². The second-order valence-corrected chi connectivity index (χ2v) is 7.67. The van der Waals surface area contributed by atoms with Crippen LogP contribution in [-0.2, 0) is 4.79 Å². The molecule has 6 heteroatoms. The Hall–Kier alpha value is -0.860. The van der Waals surface area contributed by atoms with Gasteiger partial charge in [0.2, 0.25) is 0 Å². The van der Waals surface area contributed by atoms with Crippen molar-refractivity contribution >= 4 is 77.7 Å². The fourth-order valence-electron chi connectivity index (χ4n) is 2.33. The minimum Gasteiger partial charge on any atom is -0.494 e. The van der Waals surface area contributed by atoms with Crippen LogP contribution in [0, 0.1) is 3.57 Å². The van der Waals surface area contributed by atoms with Gasteiger partial charge in [-0.05, 0) is 96.4 Å². The van der Waals surface area contributed by atoms with Gasteiger partial charge in [-0.2, -0.15) is 0 Å². The number of carbonyl (C=O) groups excluding carboxylic acids is 1. The molecule has 0 bridgehead atoms. The molecule has 0 aliphatic carbocycles. The number of hydrogen-bond acceptors (Lipinski definition) is 2. The van der Waals surface area contributed by atoms with Crippen LogP contribution in [0.1, 0.15) is 11.1 Å². The third-order valence-electron chi connectivity index (χ3n) is 3.30. The molecule has 1 amide bonds. The first-order valence-electron chi connectivity index (χ1n) is 6.35. The summed E-state index contributed by atoms with van der Waals surface area (Å²) in [6.07, 6.45) is 1.88. The topological polar surface area (TPSA) is 38.3 Å². The molecule has 22 heavy (non-hydrogen) atoms. The number of fused-ring (bicyclic) bond motifs is 1. The highest BCUT2D eigenvalue weighted by atomic mass is 127. The summed E-state index contributed by atoms with van der Waals surface area (Å²) in [6, 6.07) is 9.76. The van der Waals surface area contributed by atoms with Crippen molar-refractivity contribution in [1.82, 2.24) is 0 Å². The van der Waals surface area contributed by atoms with Gasteiger partial charge in [0.15, 0.2) is 0 Å². The van der Waals surface area contributed by atoms with E-state index in [1.807, 2.05) is 36.4 Å². The predicted molar refractivity (Wildman–Crippen MR) is 104 cm³/mol. The van der Waals surface area contributed by atoms with Crippen molar-refractivity contribution in [2.75, 3.05) is 12.4 Å². The van der Waals surface area contributed by atoms with E-state index in [1.54, 1.807) is 7.11 Å². The van der Waals surface area contributed by atoms with Gasteiger partial charge in [0.1, 0.15) is 5.75 Å². The lowest BCUT2D eigenvalue weighted by atomic mass is 10.0. The third kappa shape index (κ3) is 2.96.